The predicted octanol–water partition coefficient (Wildman–Crippen LogP) is 3.64. The van der Waals surface area contributed by atoms with Crippen LogP contribution in [0.4, 0.5) is 5.82 Å². The molecule has 1 N–H and O–H groups in total. The van der Waals surface area contributed by atoms with E-state index >= 15 is 0 Å². The van der Waals surface area contributed by atoms with Crippen LogP contribution in [0.1, 0.15) is 38.4 Å². The van der Waals surface area contributed by atoms with Crippen molar-refractivity contribution < 1.29 is 13.9 Å². The average molecular weight is 347 g/mol. The summed E-state index contributed by atoms with van der Waals surface area (Å²) in [4.78, 5) is 17.0. The van der Waals surface area contributed by atoms with Crippen LogP contribution >= 0.6 is 0 Å². The fraction of sp³-hybridized carbons (Fsp3) is 0.250. The SMILES string of the molecule is Cc1c(C(=O)Nc2ncc3c(c2C#N)COCC3)oc2c(C)cccc12. The molecule has 130 valence electrons. The number of rotatable bonds is 2. The molecule has 3 heterocycles. The molecule has 0 fully saturated rings. The van der Waals surface area contributed by atoms with Gasteiger partial charge in [0.15, 0.2) is 11.6 Å². The second kappa shape index (κ2) is 6.28. The normalized spacial score (nSPS) is 13.3. The van der Waals surface area contributed by atoms with E-state index in [9.17, 15) is 10.1 Å². The highest BCUT2D eigenvalue weighted by molar-refractivity contribution is 6.06. The molecular formula is C20H17N3O3. The van der Waals surface area contributed by atoms with Crippen LogP contribution in [-0.4, -0.2) is 17.5 Å². The van der Waals surface area contributed by atoms with E-state index in [4.69, 9.17) is 9.15 Å². The second-order valence-corrected chi connectivity index (χ2v) is 6.36. The van der Waals surface area contributed by atoms with Crippen molar-refractivity contribution in [2.75, 3.05) is 11.9 Å². The van der Waals surface area contributed by atoms with Gasteiger partial charge in [-0.1, -0.05) is 18.2 Å². The molecule has 26 heavy (non-hydrogen) atoms. The molecule has 0 saturated carbocycles. The summed E-state index contributed by atoms with van der Waals surface area (Å²) in [5.74, 6) is 0.0473. The number of ether oxygens (including phenoxy) is 1. The molecule has 1 aliphatic rings. The van der Waals surface area contributed by atoms with Crippen LogP contribution in [0.25, 0.3) is 11.0 Å². The number of furan rings is 1. The van der Waals surface area contributed by atoms with Crippen molar-refractivity contribution in [1.82, 2.24) is 4.98 Å². The van der Waals surface area contributed by atoms with Crippen molar-refractivity contribution in [3.05, 3.63) is 58.0 Å². The van der Waals surface area contributed by atoms with Crippen molar-refractivity contribution in [1.29, 1.82) is 5.26 Å². The minimum atomic E-state index is -0.418. The number of hydrogen-bond donors (Lipinski definition) is 1. The van der Waals surface area contributed by atoms with Gasteiger partial charge in [-0.3, -0.25) is 4.79 Å². The molecule has 6 heteroatoms. The summed E-state index contributed by atoms with van der Waals surface area (Å²) in [6.07, 6.45) is 2.41. The first kappa shape index (κ1) is 16.3. The van der Waals surface area contributed by atoms with E-state index in [0.717, 1.165) is 27.6 Å². The van der Waals surface area contributed by atoms with Crippen LogP contribution in [0.2, 0.25) is 0 Å². The molecular weight excluding hydrogens is 330 g/mol. The lowest BCUT2D eigenvalue weighted by Gasteiger charge is -2.18. The van der Waals surface area contributed by atoms with Crippen LogP contribution in [0, 0.1) is 25.2 Å². The number of nitrogens with zero attached hydrogens (tertiary/aromatic N) is 2. The van der Waals surface area contributed by atoms with Gasteiger partial charge in [0, 0.05) is 22.7 Å². The molecule has 0 spiro atoms. The molecule has 1 aromatic carbocycles. The fourth-order valence-corrected chi connectivity index (χ4v) is 3.31. The van der Waals surface area contributed by atoms with E-state index in [2.05, 4.69) is 16.4 Å². The summed E-state index contributed by atoms with van der Waals surface area (Å²) in [5, 5.41) is 13.2. The first-order valence-corrected chi connectivity index (χ1v) is 8.38. The lowest BCUT2D eigenvalue weighted by molar-refractivity contribution is 0.0996. The van der Waals surface area contributed by atoms with Gasteiger partial charge in [0.05, 0.1) is 13.2 Å². The Balaban J connectivity index is 1.73. The van der Waals surface area contributed by atoms with Gasteiger partial charge in [0.2, 0.25) is 0 Å². The number of anilines is 1. The smallest absolute Gasteiger partial charge is 0.292 e. The highest BCUT2D eigenvalue weighted by Gasteiger charge is 2.23. The molecule has 0 atom stereocenters. The first-order chi connectivity index (χ1) is 12.6. The fourth-order valence-electron chi connectivity index (χ4n) is 3.31. The van der Waals surface area contributed by atoms with Gasteiger partial charge in [-0.2, -0.15) is 5.26 Å². The predicted molar refractivity (Wildman–Crippen MR) is 96.0 cm³/mol. The standard InChI is InChI=1S/C20H17N3O3/c1-11-4-3-5-14-12(2)18(26-17(11)14)20(24)23-19-15(8-21)16-10-25-7-6-13(16)9-22-19/h3-5,9H,6-7,10H2,1-2H3,(H,22,23,24). The first-order valence-electron chi connectivity index (χ1n) is 8.38. The van der Waals surface area contributed by atoms with Crippen molar-refractivity contribution >= 4 is 22.7 Å². The van der Waals surface area contributed by atoms with E-state index in [1.165, 1.54) is 0 Å². The van der Waals surface area contributed by atoms with Gasteiger partial charge in [0.25, 0.3) is 5.91 Å². The zero-order valence-corrected chi connectivity index (χ0v) is 14.5. The van der Waals surface area contributed by atoms with Gasteiger partial charge < -0.3 is 14.5 Å². The quantitative estimate of drug-likeness (QED) is 0.764. The second-order valence-electron chi connectivity index (χ2n) is 6.36. The molecule has 6 nitrogen and oxygen atoms in total. The van der Waals surface area contributed by atoms with Gasteiger partial charge in [0.1, 0.15) is 17.2 Å². The van der Waals surface area contributed by atoms with E-state index in [0.29, 0.717) is 30.8 Å². The number of fused-ring (bicyclic) bond motifs is 2. The Bertz CT molecular complexity index is 1080. The third-order valence-electron chi connectivity index (χ3n) is 4.75. The lowest BCUT2D eigenvalue weighted by atomic mass is 10.0. The summed E-state index contributed by atoms with van der Waals surface area (Å²) >= 11 is 0. The highest BCUT2D eigenvalue weighted by Crippen LogP contribution is 2.29. The van der Waals surface area contributed by atoms with Crippen LogP contribution in [0.3, 0.4) is 0 Å². The zero-order chi connectivity index (χ0) is 18.3. The van der Waals surface area contributed by atoms with Crippen molar-refractivity contribution in [3.8, 4) is 6.07 Å². The van der Waals surface area contributed by atoms with E-state index < -0.39 is 5.91 Å². The van der Waals surface area contributed by atoms with Gasteiger partial charge >= 0.3 is 0 Å². The number of carbonyl (C=O) groups is 1. The molecule has 0 saturated heterocycles. The van der Waals surface area contributed by atoms with Crippen LogP contribution < -0.4 is 5.32 Å². The maximum absolute atomic E-state index is 12.8. The number of aromatic nitrogens is 1. The van der Waals surface area contributed by atoms with Crippen molar-refractivity contribution in [2.45, 2.75) is 26.9 Å². The number of hydrogen-bond acceptors (Lipinski definition) is 5. The largest absolute Gasteiger partial charge is 0.450 e. The average Bonchev–Trinajstić information content (AvgIpc) is 3.00. The van der Waals surface area contributed by atoms with E-state index in [1.807, 2.05) is 32.0 Å². The number of benzene rings is 1. The molecule has 0 radical (unpaired) electrons. The third-order valence-corrected chi connectivity index (χ3v) is 4.75. The Hall–Kier alpha value is -3.17. The molecule has 1 amide bonds. The maximum atomic E-state index is 12.8. The Morgan fingerprint density at radius 1 is 1.35 bits per heavy atom. The Kier molecular flexibility index (Phi) is 3.94. The van der Waals surface area contributed by atoms with E-state index in [-0.39, 0.29) is 11.6 Å². The maximum Gasteiger partial charge on any atom is 0.292 e. The third kappa shape index (κ3) is 2.54. The van der Waals surface area contributed by atoms with Crippen molar-refractivity contribution in [3.63, 3.8) is 0 Å². The number of pyridine rings is 1. The summed E-state index contributed by atoms with van der Waals surface area (Å²) in [7, 11) is 0. The topological polar surface area (TPSA) is 88.2 Å². The van der Waals surface area contributed by atoms with Crippen LogP contribution in [-0.2, 0) is 17.8 Å². The van der Waals surface area contributed by atoms with Crippen LogP contribution in [0.5, 0.6) is 0 Å². The van der Waals surface area contributed by atoms with Gasteiger partial charge in [-0.05, 0) is 31.4 Å². The monoisotopic (exact) mass is 347 g/mol. The molecule has 0 unspecified atom stereocenters. The molecule has 3 aromatic rings. The minimum Gasteiger partial charge on any atom is -0.450 e. The molecule has 4 rings (SSSR count). The number of nitrogens with one attached hydrogen (secondary N) is 1. The number of amides is 1. The molecule has 0 aliphatic carbocycles. The van der Waals surface area contributed by atoms with E-state index in [1.54, 1.807) is 6.20 Å². The summed E-state index contributed by atoms with van der Waals surface area (Å²) in [5.41, 5.74) is 4.55. The Morgan fingerprint density at radius 3 is 2.96 bits per heavy atom. The number of para-hydroxylation sites is 1. The Labute approximate surface area is 150 Å². The summed E-state index contributed by atoms with van der Waals surface area (Å²) in [6.45, 7) is 4.75. The molecule has 2 aromatic heterocycles. The molecule has 1 aliphatic heterocycles. The summed E-state index contributed by atoms with van der Waals surface area (Å²) < 4.78 is 11.2. The summed E-state index contributed by atoms with van der Waals surface area (Å²) in [6, 6.07) is 7.93. The molecule has 0 bridgehead atoms. The van der Waals surface area contributed by atoms with Gasteiger partial charge in [-0.25, -0.2) is 4.98 Å². The van der Waals surface area contributed by atoms with Crippen LogP contribution in [0.15, 0.2) is 28.8 Å². The highest BCUT2D eigenvalue weighted by atomic mass is 16.5. The zero-order valence-electron chi connectivity index (χ0n) is 14.5. The number of aryl methyl sites for hydroxylation is 2. The number of nitriles is 1. The lowest BCUT2D eigenvalue weighted by Crippen LogP contribution is -2.18. The minimum absolute atomic E-state index is 0.231. The van der Waals surface area contributed by atoms with Gasteiger partial charge in [-0.15, -0.1) is 0 Å². The van der Waals surface area contributed by atoms with Crippen molar-refractivity contribution in [2.24, 2.45) is 0 Å². The Morgan fingerprint density at radius 2 is 2.19 bits per heavy atom. The number of carbonyl (C=O) groups excluding carboxylic acids is 1.